The first-order valence-electron chi connectivity index (χ1n) is 12.2. The van der Waals surface area contributed by atoms with Crippen molar-refractivity contribution >= 4 is 27.8 Å². The van der Waals surface area contributed by atoms with Gasteiger partial charge in [-0.1, -0.05) is 64.1 Å². The van der Waals surface area contributed by atoms with Crippen LogP contribution in [-0.2, 0) is 11.0 Å². The maximum atomic E-state index is 13.5. The Kier molecular flexibility index (Phi) is 12.0. The molecule has 0 N–H and O–H groups in total. The monoisotopic (exact) mass is 516 g/mol. The Balaban J connectivity index is 1.74. The molecule has 2 rings (SSSR count). The Hall–Kier alpha value is -2.16. The summed E-state index contributed by atoms with van der Waals surface area (Å²) >= 11 is 1.44. The van der Waals surface area contributed by atoms with E-state index in [0.29, 0.717) is 6.42 Å². The predicted octanol–water partition coefficient (Wildman–Crippen LogP) is 7.63. The summed E-state index contributed by atoms with van der Waals surface area (Å²) in [7, 11) is 1.30. The van der Waals surface area contributed by atoms with Gasteiger partial charge in [-0.3, -0.25) is 4.79 Å². The van der Waals surface area contributed by atoms with E-state index < -0.39 is 17.4 Å². The molecule has 196 valence electrons. The molecule has 1 atom stereocenters. The molecule has 0 aliphatic carbocycles. The molecule has 1 aromatic heterocycles. The summed E-state index contributed by atoms with van der Waals surface area (Å²) in [6.07, 6.45) is 4.28. The molecule has 0 aliphatic rings. The van der Waals surface area contributed by atoms with Crippen LogP contribution < -0.4 is 15.1 Å². The molecule has 0 saturated carbocycles. The van der Waals surface area contributed by atoms with E-state index >= 15 is 0 Å². The lowest BCUT2D eigenvalue weighted by Crippen LogP contribution is -2.10. The van der Waals surface area contributed by atoms with Gasteiger partial charge in [0, 0.05) is 11.7 Å². The summed E-state index contributed by atoms with van der Waals surface area (Å²) in [4.78, 5) is 23.7. The molecule has 9 heteroatoms. The summed E-state index contributed by atoms with van der Waals surface area (Å²) < 4.78 is 56.3. The van der Waals surface area contributed by atoms with Crippen molar-refractivity contribution in [3.05, 3.63) is 34.2 Å². The molecule has 5 nitrogen and oxygen atoms in total. The Morgan fingerprint density at radius 1 is 1.03 bits per heavy atom. The van der Waals surface area contributed by atoms with Gasteiger partial charge in [0.15, 0.2) is 16.4 Å². The highest BCUT2D eigenvalue weighted by Crippen LogP contribution is 2.41. The van der Waals surface area contributed by atoms with E-state index in [0.717, 1.165) is 75.3 Å². The zero-order chi connectivity index (χ0) is 25.8. The van der Waals surface area contributed by atoms with Crippen molar-refractivity contribution in [1.29, 1.82) is 0 Å². The maximum Gasteiger partial charge on any atom is 0.417 e. The number of fused-ring (bicyclic) bond motifs is 1. The second-order valence-corrected chi connectivity index (χ2v) is 9.70. The first-order chi connectivity index (χ1) is 16.7. The number of carbonyl (C=O) groups is 1. The Morgan fingerprint density at radius 2 is 1.66 bits per heavy atom. The number of thioether (sulfide) groups is 1. The van der Waals surface area contributed by atoms with Crippen LogP contribution in [0, 0.1) is 5.92 Å². The molecule has 2 aromatic rings. The van der Waals surface area contributed by atoms with Gasteiger partial charge < -0.3 is 13.9 Å². The van der Waals surface area contributed by atoms with Crippen LogP contribution in [0.4, 0.5) is 13.2 Å². The van der Waals surface area contributed by atoms with Crippen molar-refractivity contribution in [2.75, 3.05) is 19.5 Å². The molecule has 0 aliphatic heterocycles. The van der Waals surface area contributed by atoms with E-state index in [1.807, 2.05) is 13.8 Å². The lowest BCUT2D eigenvalue weighted by atomic mass is 10.1. The van der Waals surface area contributed by atoms with Crippen molar-refractivity contribution in [1.82, 2.24) is 0 Å². The van der Waals surface area contributed by atoms with Crippen molar-refractivity contribution in [3.63, 3.8) is 0 Å². The van der Waals surface area contributed by atoms with Gasteiger partial charge in [0.1, 0.15) is 5.75 Å². The molecule has 1 heterocycles. The molecule has 0 radical (unpaired) electrons. The molecule has 0 fully saturated rings. The van der Waals surface area contributed by atoms with E-state index in [1.165, 1.54) is 18.9 Å². The lowest BCUT2D eigenvalue weighted by Gasteiger charge is -2.15. The highest BCUT2D eigenvalue weighted by atomic mass is 32.2. The predicted molar refractivity (Wildman–Crippen MR) is 133 cm³/mol. The number of hydrogen-bond acceptors (Lipinski definition) is 6. The molecule has 35 heavy (non-hydrogen) atoms. The smallest absolute Gasteiger partial charge is 0.417 e. The number of benzene rings is 1. The van der Waals surface area contributed by atoms with E-state index in [1.54, 1.807) is 0 Å². The molecule has 0 amide bonds. The summed E-state index contributed by atoms with van der Waals surface area (Å²) in [6.45, 7) is 4.20. The minimum atomic E-state index is -4.63. The fourth-order valence-electron chi connectivity index (χ4n) is 3.66. The SMILES string of the molecule is CCC(C)C(=O)SCCCCCCCCCCOc1cc(=O)oc2c(OC)ccc(C(F)(F)F)c12. The first kappa shape index (κ1) is 29.1. The van der Waals surface area contributed by atoms with Crippen LogP contribution in [0.3, 0.4) is 0 Å². The zero-order valence-electron chi connectivity index (χ0n) is 20.7. The minimum absolute atomic E-state index is 0.0382. The first-order valence-corrected chi connectivity index (χ1v) is 13.2. The Morgan fingerprint density at radius 3 is 2.26 bits per heavy atom. The number of rotatable bonds is 15. The van der Waals surface area contributed by atoms with Crippen LogP contribution in [-0.4, -0.2) is 24.6 Å². The third-order valence-electron chi connectivity index (χ3n) is 5.90. The quantitative estimate of drug-likeness (QED) is 0.179. The number of unbranched alkanes of at least 4 members (excludes halogenated alkanes) is 7. The minimum Gasteiger partial charge on any atom is -0.493 e. The van der Waals surface area contributed by atoms with Crippen LogP contribution in [0.5, 0.6) is 11.5 Å². The Bertz CT molecular complexity index is 1000. The van der Waals surface area contributed by atoms with Gasteiger partial charge >= 0.3 is 11.8 Å². The van der Waals surface area contributed by atoms with E-state index in [2.05, 4.69) is 0 Å². The highest BCUT2D eigenvalue weighted by Gasteiger charge is 2.35. The van der Waals surface area contributed by atoms with Gasteiger partial charge in [0.05, 0.1) is 30.7 Å². The van der Waals surface area contributed by atoms with E-state index in [4.69, 9.17) is 13.9 Å². The van der Waals surface area contributed by atoms with Crippen molar-refractivity contribution in [2.24, 2.45) is 5.92 Å². The molecule has 1 aromatic carbocycles. The zero-order valence-corrected chi connectivity index (χ0v) is 21.5. The van der Waals surface area contributed by atoms with Gasteiger partial charge in [-0.25, -0.2) is 4.79 Å². The van der Waals surface area contributed by atoms with Gasteiger partial charge in [-0.15, -0.1) is 0 Å². The average Bonchev–Trinajstić information content (AvgIpc) is 2.82. The number of carbonyl (C=O) groups excluding carboxylic acids is 1. The molecule has 1 unspecified atom stereocenters. The van der Waals surface area contributed by atoms with Crippen molar-refractivity contribution in [3.8, 4) is 11.5 Å². The Labute approximate surface area is 208 Å². The van der Waals surface area contributed by atoms with E-state index in [-0.39, 0.29) is 40.1 Å². The summed E-state index contributed by atoms with van der Waals surface area (Å²) in [5.74, 6) is 0.912. The third kappa shape index (κ3) is 9.09. The van der Waals surface area contributed by atoms with Crippen LogP contribution >= 0.6 is 11.8 Å². The van der Waals surface area contributed by atoms with Crippen LogP contribution in [0.15, 0.2) is 27.4 Å². The third-order valence-corrected chi connectivity index (χ3v) is 7.08. The molecule has 0 spiro atoms. The second-order valence-electron chi connectivity index (χ2n) is 8.60. The molecular formula is C26H35F3O5S. The topological polar surface area (TPSA) is 65.7 Å². The largest absolute Gasteiger partial charge is 0.493 e. The van der Waals surface area contributed by atoms with Gasteiger partial charge in [-0.2, -0.15) is 13.2 Å². The highest BCUT2D eigenvalue weighted by molar-refractivity contribution is 8.13. The van der Waals surface area contributed by atoms with Crippen molar-refractivity contribution in [2.45, 2.75) is 77.8 Å². The normalized spacial score (nSPS) is 12.6. The number of alkyl halides is 3. The van der Waals surface area contributed by atoms with Gasteiger partial charge in [0.25, 0.3) is 0 Å². The summed E-state index contributed by atoms with van der Waals surface area (Å²) in [6, 6.07) is 2.98. The summed E-state index contributed by atoms with van der Waals surface area (Å²) in [5.41, 5.74) is -2.00. The number of hydrogen-bond donors (Lipinski definition) is 0. The van der Waals surface area contributed by atoms with Crippen molar-refractivity contribution < 1.29 is 31.9 Å². The fourth-order valence-corrected chi connectivity index (χ4v) is 4.66. The second kappa shape index (κ2) is 14.4. The lowest BCUT2D eigenvalue weighted by molar-refractivity contribution is -0.136. The van der Waals surface area contributed by atoms with E-state index in [9.17, 15) is 22.8 Å². The fraction of sp³-hybridized carbons (Fsp3) is 0.615. The average molecular weight is 517 g/mol. The van der Waals surface area contributed by atoms with Crippen LogP contribution in [0.2, 0.25) is 0 Å². The number of ether oxygens (including phenoxy) is 2. The van der Waals surface area contributed by atoms with Gasteiger partial charge in [0.2, 0.25) is 0 Å². The maximum absolute atomic E-state index is 13.5. The number of halogens is 3. The van der Waals surface area contributed by atoms with Crippen LogP contribution in [0.1, 0.15) is 77.2 Å². The molecular weight excluding hydrogens is 481 g/mol. The van der Waals surface area contributed by atoms with Crippen LogP contribution in [0.25, 0.3) is 11.0 Å². The number of methoxy groups -OCH3 is 1. The standard InChI is InChI=1S/C26H35F3O5S/c1-4-18(2)25(31)35-16-12-10-8-6-5-7-9-11-15-33-21-17-22(30)34-24-20(32-3)14-13-19(23(21)24)26(27,28)29/h13-14,17-18H,4-12,15-16H2,1-3H3. The molecule has 0 bridgehead atoms. The van der Waals surface area contributed by atoms with Gasteiger partial charge in [-0.05, 0) is 31.4 Å². The molecule has 0 saturated heterocycles. The summed E-state index contributed by atoms with van der Waals surface area (Å²) in [5, 5.41) is -0.0201.